The molecule has 3 nitrogen and oxygen atoms in total. The molecule has 0 saturated heterocycles. The van der Waals surface area contributed by atoms with Crippen molar-refractivity contribution in [2.75, 3.05) is 9.80 Å². The minimum Gasteiger partial charge on any atom is -0.456 e. The van der Waals surface area contributed by atoms with Crippen molar-refractivity contribution in [1.82, 2.24) is 0 Å². The number of benzene rings is 6. The number of allylic oxidation sites excluding steroid dienone is 4. The zero-order valence-corrected chi connectivity index (χ0v) is 26.4. The number of rotatable bonds is 6. The first kappa shape index (κ1) is 29.0. The van der Waals surface area contributed by atoms with Crippen molar-refractivity contribution in [3.63, 3.8) is 0 Å². The van der Waals surface area contributed by atoms with Crippen LogP contribution in [0.4, 0.5) is 37.2 Å². The second kappa shape index (κ2) is 11.8. The number of halogens is 2. The summed E-state index contributed by atoms with van der Waals surface area (Å²) >= 11 is 0. The predicted molar refractivity (Wildman–Crippen MR) is 196 cm³/mol. The summed E-state index contributed by atoms with van der Waals surface area (Å²) in [5.74, 6) is 0.448. The molecule has 6 aromatic carbocycles. The minimum absolute atomic E-state index is 0.175. The quantitative estimate of drug-likeness (QED) is 0.180. The molecular weight excluding hydrogens is 610 g/mol. The van der Waals surface area contributed by atoms with Crippen molar-refractivity contribution in [2.24, 2.45) is 5.92 Å². The summed E-state index contributed by atoms with van der Waals surface area (Å²) in [5, 5.41) is 3.19. The first-order valence-corrected chi connectivity index (χ1v) is 16.4. The van der Waals surface area contributed by atoms with E-state index in [1.807, 2.05) is 88.7 Å². The van der Waals surface area contributed by atoms with Gasteiger partial charge in [0.1, 0.15) is 23.0 Å². The van der Waals surface area contributed by atoms with Gasteiger partial charge in [-0.2, -0.15) is 0 Å². The number of hydrogen-bond donors (Lipinski definition) is 0. The topological polar surface area (TPSA) is 19.6 Å². The van der Waals surface area contributed by atoms with E-state index in [-0.39, 0.29) is 17.6 Å². The fourth-order valence-corrected chi connectivity index (χ4v) is 7.13. The van der Waals surface area contributed by atoms with Crippen LogP contribution in [0.15, 0.2) is 173 Å². The second-order valence-corrected chi connectivity index (χ2v) is 12.5. The zero-order valence-electron chi connectivity index (χ0n) is 26.4. The van der Waals surface area contributed by atoms with Crippen LogP contribution in [0.25, 0.3) is 27.8 Å². The summed E-state index contributed by atoms with van der Waals surface area (Å²) in [6, 6.07) is 44.0. The van der Waals surface area contributed by atoms with Gasteiger partial charge in [0.25, 0.3) is 0 Å². The van der Waals surface area contributed by atoms with Crippen molar-refractivity contribution >= 4 is 56.3 Å². The molecule has 49 heavy (non-hydrogen) atoms. The highest BCUT2D eigenvalue weighted by Crippen LogP contribution is 2.43. The third-order valence-corrected chi connectivity index (χ3v) is 9.46. The lowest BCUT2D eigenvalue weighted by Crippen LogP contribution is -2.20. The van der Waals surface area contributed by atoms with Crippen molar-refractivity contribution in [3.05, 3.63) is 192 Å². The Bertz CT molecular complexity index is 2460. The van der Waals surface area contributed by atoms with Gasteiger partial charge in [0.2, 0.25) is 0 Å². The fourth-order valence-electron chi connectivity index (χ4n) is 7.13. The molecule has 1 aromatic heterocycles. The summed E-state index contributed by atoms with van der Waals surface area (Å²) < 4.78 is 36.9. The molecule has 1 heterocycles. The predicted octanol–water partition coefficient (Wildman–Crippen LogP) is 12.2. The van der Waals surface area contributed by atoms with Crippen LogP contribution in [0.3, 0.4) is 0 Å². The van der Waals surface area contributed by atoms with Crippen LogP contribution in [-0.4, -0.2) is 0 Å². The molecule has 0 fully saturated rings. The number of fused-ring (bicyclic) bond motifs is 5. The molecule has 0 bridgehead atoms. The summed E-state index contributed by atoms with van der Waals surface area (Å²) in [6.45, 7) is 0. The Kier molecular flexibility index (Phi) is 6.98. The number of hydrogen-bond acceptors (Lipinski definition) is 3. The normalized spacial score (nSPS) is 15.0. The Morgan fingerprint density at radius 3 is 1.90 bits per heavy atom. The van der Waals surface area contributed by atoms with Crippen LogP contribution < -0.4 is 9.80 Å². The van der Waals surface area contributed by atoms with E-state index >= 15 is 8.78 Å². The third kappa shape index (κ3) is 5.11. The smallest absolute Gasteiger partial charge is 0.147 e. The molecule has 0 spiro atoms. The van der Waals surface area contributed by atoms with Gasteiger partial charge >= 0.3 is 0 Å². The van der Waals surface area contributed by atoms with E-state index in [4.69, 9.17) is 4.42 Å². The molecule has 9 rings (SSSR count). The summed E-state index contributed by atoms with van der Waals surface area (Å²) in [4.78, 5) is 3.90. The summed E-state index contributed by atoms with van der Waals surface area (Å²) in [7, 11) is 0. The summed E-state index contributed by atoms with van der Waals surface area (Å²) in [6.07, 6.45) is 9.39. The maximum atomic E-state index is 15.2. The van der Waals surface area contributed by atoms with Gasteiger partial charge < -0.3 is 14.2 Å². The summed E-state index contributed by atoms with van der Waals surface area (Å²) in [5.41, 5.74) is 7.59. The Hall–Kier alpha value is -6.20. The van der Waals surface area contributed by atoms with Gasteiger partial charge in [-0.1, -0.05) is 72.8 Å². The lowest BCUT2D eigenvalue weighted by molar-refractivity contribution is 0.586. The molecule has 1 unspecified atom stereocenters. The minimum atomic E-state index is -0.290. The zero-order chi connectivity index (χ0) is 32.9. The Morgan fingerprint density at radius 1 is 0.571 bits per heavy atom. The van der Waals surface area contributed by atoms with E-state index in [0.717, 1.165) is 62.3 Å². The molecule has 0 amide bonds. The van der Waals surface area contributed by atoms with Crippen LogP contribution in [0.2, 0.25) is 0 Å². The number of nitrogens with zero attached hydrogens (tertiary/aromatic N) is 2. The SMILES string of the molecule is Fc1ccccc1N(C1=CC2=Cc3oc4cc5cc(N(c6ccccc6)c6ccccc6F)ccc5cc4c3CC2C=C1)c1ccccc1. The number of para-hydroxylation sites is 4. The van der Waals surface area contributed by atoms with E-state index in [1.165, 1.54) is 17.7 Å². The standard InChI is InChI=1S/C44H30F2N2O/c45-39-15-7-9-17-41(39)47(33-11-3-1-4-12-33)35-21-19-29-25-37-38-26-30-20-22-36(24-32(30)28-44(38)49-43(37)27-31(29)23-35)48(34-13-5-2-6-14-34)42-18-10-8-16-40(42)46/h1-25,27-28,30H,26H2. The average Bonchev–Trinajstić information content (AvgIpc) is 3.48. The van der Waals surface area contributed by atoms with Crippen LogP contribution >= 0.6 is 0 Å². The van der Waals surface area contributed by atoms with E-state index in [2.05, 4.69) is 48.6 Å². The maximum absolute atomic E-state index is 15.2. The van der Waals surface area contributed by atoms with Crippen molar-refractivity contribution in [3.8, 4) is 0 Å². The van der Waals surface area contributed by atoms with Crippen molar-refractivity contribution in [2.45, 2.75) is 6.42 Å². The molecule has 0 radical (unpaired) electrons. The second-order valence-electron chi connectivity index (χ2n) is 12.5. The maximum Gasteiger partial charge on any atom is 0.147 e. The highest BCUT2D eigenvalue weighted by Gasteiger charge is 2.28. The van der Waals surface area contributed by atoms with E-state index in [0.29, 0.717) is 11.4 Å². The van der Waals surface area contributed by atoms with Crippen LogP contribution in [0.5, 0.6) is 0 Å². The third-order valence-electron chi connectivity index (χ3n) is 9.46. The van der Waals surface area contributed by atoms with Gasteiger partial charge in [-0.25, -0.2) is 8.78 Å². The van der Waals surface area contributed by atoms with E-state index < -0.39 is 0 Å². The van der Waals surface area contributed by atoms with Crippen LogP contribution in [0.1, 0.15) is 11.3 Å². The molecule has 7 aromatic rings. The molecule has 5 heteroatoms. The first-order valence-electron chi connectivity index (χ1n) is 16.4. The monoisotopic (exact) mass is 640 g/mol. The Labute approximate surface area is 283 Å². The lowest BCUT2D eigenvalue weighted by Gasteiger charge is -2.31. The van der Waals surface area contributed by atoms with Crippen LogP contribution in [0, 0.1) is 17.6 Å². The van der Waals surface area contributed by atoms with Crippen LogP contribution in [-0.2, 0) is 6.42 Å². The molecule has 0 aliphatic heterocycles. The number of furan rings is 1. The van der Waals surface area contributed by atoms with Crippen molar-refractivity contribution < 1.29 is 13.2 Å². The largest absolute Gasteiger partial charge is 0.456 e. The van der Waals surface area contributed by atoms with Gasteiger partial charge in [0.15, 0.2) is 0 Å². The first-order chi connectivity index (χ1) is 24.1. The molecular formula is C44H30F2N2O. The van der Waals surface area contributed by atoms with E-state index in [9.17, 15) is 0 Å². The fraction of sp³-hybridized carbons (Fsp3) is 0.0455. The highest BCUT2D eigenvalue weighted by molar-refractivity contribution is 6.01. The molecule has 0 N–H and O–H groups in total. The van der Waals surface area contributed by atoms with Gasteiger partial charge in [0.05, 0.1) is 11.4 Å². The number of anilines is 5. The van der Waals surface area contributed by atoms with Gasteiger partial charge in [-0.05, 0) is 114 Å². The van der Waals surface area contributed by atoms with Gasteiger partial charge in [-0.15, -0.1) is 0 Å². The highest BCUT2D eigenvalue weighted by atomic mass is 19.1. The molecule has 2 aliphatic rings. The van der Waals surface area contributed by atoms with E-state index in [1.54, 1.807) is 24.3 Å². The van der Waals surface area contributed by atoms with Crippen molar-refractivity contribution in [1.29, 1.82) is 0 Å². The van der Waals surface area contributed by atoms with Gasteiger partial charge in [-0.3, -0.25) is 0 Å². The average molecular weight is 641 g/mol. The lowest BCUT2D eigenvalue weighted by atomic mass is 9.82. The molecule has 0 saturated carbocycles. The Morgan fingerprint density at radius 2 is 1.20 bits per heavy atom. The van der Waals surface area contributed by atoms with Gasteiger partial charge in [0, 0.05) is 39.6 Å². The molecule has 2 aliphatic carbocycles. The molecule has 236 valence electrons. The molecule has 1 atom stereocenters. The Balaban J connectivity index is 1.12.